The smallest absolute Gasteiger partial charge is 0.304 e. The van der Waals surface area contributed by atoms with E-state index >= 15 is 0 Å². The van der Waals surface area contributed by atoms with Crippen LogP contribution in [0.5, 0.6) is 0 Å². The van der Waals surface area contributed by atoms with Gasteiger partial charge < -0.3 is 10.9 Å². The molecular weight excluding hydrogens is 62.8 g/mol. The van der Waals surface area contributed by atoms with Crippen molar-refractivity contribution in [3.8, 4) is 0 Å². The van der Waals surface area contributed by atoms with Crippen LogP contribution in [0.1, 0.15) is 6.92 Å². The third-order valence-corrected chi connectivity index (χ3v) is 0.322. The molecule has 0 aliphatic carbocycles. The summed E-state index contributed by atoms with van der Waals surface area (Å²) in [6, 6.07) is 0. The van der Waals surface area contributed by atoms with Crippen LogP contribution in [-0.4, -0.2) is 14.1 Å². The van der Waals surface area contributed by atoms with E-state index in [4.69, 9.17) is 5.64 Å². The minimum absolute atomic E-state index is 0.913. The highest BCUT2D eigenvalue weighted by atomic mass is 14.8. The lowest BCUT2D eigenvalue weighted by Crippen LogP contribution is -2.26. The molecule has 1 radical (unpaired) electrons. The Morgan fingerprint density at radius 1 is 2.00 bits per heavy atom. The summed E-state index contributed by atoms with van der Waals surface area (Å²) >= 11 is 0. The van der Waals surface area contributed by atoms with Crippen LogP contribution >= 0.6 is 0 Å². The summed E-state index contributed by atoms with van der Waals surface area (Å²) in [5, 5.41) is 2.76. The van der Waals surface area contributed by atoms with E-state index < -0.39 is 0 Å². The van der Waals surface area contributed by atoms with Crippen molar-refractivity contribution in [2.75, 3.05) is 6.54 Å². The quantitative estimate of drug-likeness (QED) is 0.413. The van der Waals surface area contributed by atoms with Gasteiger partial charge in [-0.3, -0.25) is 0 Å². The van der Waals surface area contributed by atoms with Crippen molar-refractivity contribution in [3.63, 3.8) is 0 Å². The van der Waals surface area contributed by atoms with Crippen molar-refractivity contribution in [2.24, 2.45) is 5.64 Å². The molecule has 0 aromatic rings. The zero-order chi connectivity index (χ0) is 4.12. The zero-order valence-corrected chi connectivity index (χ0v) is 3.36. The fourth-order valence-corrected chi connectivity index (χ4v) is 0.118. The number of hydrogen-bond donors (Lipinski definition) is 2. The molecule has 0 atom stereocenters. The molecule has 0 rings (SSSR count). The van der Waals surface area contributed by atoms with Gasteiger partial charge in [0.05, 0.1) is 0 Å². The summed E-state index contributed by atoms with van der Waals surface area (Å²) in [6.45, 7) is 2.90. The van der Waals surface area contributed by atoms with Crippen molar-refractivity contribution >= 4 is 7.55 Å². The minimum Gasteiger partial charge on any atom is -0.360 e. The Morgan fingerprint density at radius 3 is 2.60 bits per heavy atom. The topological polar surface area (TPSA) is 38.0 Å². The summed E-state index contributed by atoms with van der Waals surface area (Å²) in [5.41, 5.74) is 4.90. The fourth-order valence-electron chi connectivity index (χ4n) is 0.118. The Bertz CT molecular complexity index is 15.1. The van der Waals surface area contributed by atoms with Crippen LogP contribution in [0.15, 0.2) is 0 Å². The largest absolute Gasteiger partial charge is 0.360 e. The Balaban J connectivity index is 2.19. The molecular formula is C2H8BN2. The van der Waals surface area contributed by atoms with E-state index in [1.807, 2.05) is 6.92 Å². The van der Waals surface area contributed by atoms with Gasteiger partial charge in [-0.1, -0.05) is 6.92 Å². The van der Waals surface area contributed by atoms with Gasteiger partial charge in [0.2, 0.25) is 0 Å². The van der Waals surface area contributed by atoms with Gasteiger partial charge in [-0.15, -0.1) is 0 Å². The van der Waals surface area contributed by atoms with Crippen LogP contribution in [0.4, 0.5) is 0 Å². The highest BCUT2D eigenvalue weighted by Crippen LogP contribution is 1.37. The third-order valence-electron chi connectivity index (χ3n) is 0.322. The van der Waals surface area contributed by atoms with E-state index in [0.717, 1.165) is 6.54 Å². The van der Waals surface area contributed by atoms with E-state index in [2.05, 4.69) is 5.23 Å². The van der Waals surface area contributed by atoms with Crippen LogP contribution in [0.2, 0.25) is 0 Å². The predicted octanol–water partition coefficient (Wildman–Crippen LogP) is -0.911. The second kappa shape index (κ2) is 3.98. The van der Waals surface area contributed by atoms with E-state index in [-0.39, 0.29) is 0 Å². The Hall–Kier alpha value is -0.0151. The van der Waals surface area contributed by atoms with Crippen molar-refractivity contribution in [2.45, 2.75) is 6.92 Å². The lowest BCUT2D eigenvalue weighted by Gasteiger charge is -1.83. The van der Waals surface area contributed by atoms with Gasteiger partial charge in [0.1, 0.15) is 0 Å². The maximum atomic E-state index is 4.90. The molecule has 3 N–H and O–H groups in total. The fraction of sp³-hybridized carbons (Fsp3) is 1.00. The molecule has 29 valence electrons. The average Bonchev–Trinajstić information content (AvgIpc) is 1.41. The first-order valence-corrected chi connectivity index (χ1v) is 1.68. The molecule has 0 fully saturated rings. The maximum Gasteiger partial charge on any atom is 0.304 e. The molecule has 0 unspecified atom stereocenters. The van der Waals surface area contributed by atoms with Crippen LogP contribution in [0, 0.1) is 0 Å². The van der Waals surface area contributed by atoms with E-state index in [9.17, 15) is 0 Å². The SMILES string of the molecule is CCN[B]N. The summed E-state index contributed by atoms with van der Waals surface area (Å²) in [7, 11) is 1.43. The highest BCUT2D eigenvalue weighted by molar-refractivity contribution is 6.27. The molecule has 5 heavy (non-hydrogen) atoms. The summed E-state index contributed by atoms with van der Waals surface area (Å²) in [4.78, 5) is 0. The Kier molecular flexibility index (Phi) is 3.97. The first-order valence-electron chi connectivity index (χ1n) is 1.68. The molecule has 2 nitrogen and oxygen atoms in total. The second-order valence-electron chi connectivity index (χ2n) is 0.724. The molecule has 0 aliphatic rings. The molecule has 0 spiro atoms. The molecule has 0 heterocycles. The number of hydrogen-bond acceptors (Lipinski definition) is 2. The second-order valence-corrected chi connectivity index (χ2v) is 0.724. The lowest BCUT2D eigenvalue weighted by atomic mass is 10.2. The van der Waals surface area contributed by atoms with Gasteiger partial charge in [0.15, 0.2) is 0 Å². The van der Waals surface area contributed by atoms with Crippen LogP contribution in [0.25, 0.3) is 0 Å². The Morgan fingerprint density at radius 2 is 2.60 bits per heavy atom. The third kappa shape index (κ3) is 3.98. The van der Waals surface area contributed by atoms with E-state index in [0.29, 0.717) is 0 Å². The van der Waals surface area contributed by atoms with Gasteiger partial charge >= 0.3 is 7.55 Å². The first kappa shape index (κ1) is 4.98. The number of nitrogens with one attached hydrogen (secondary N) is 1. The standard InChI is InChI=1S/C2H8BN2/c1-2-5-3-4/h5H,2,4H2,1H3. The van der Waals surface area contributed by atoms with Crippen molar-refractivity contribution in [1.82, 2.24) is 5.23 Å². The van der Waals surface area contributed by atoms with Crippen LogP contribution in [0.3, 0.4) is 0 Å². The van der Waals surface area contributed by atoms with Gasteiger partial charge in [-0.2, -0.15) is 0 Å². The zero-order valence-electron chi connectivity index (χ0n) is 3.36. The summed E-state index contributed by atoms with van der Waals surface area (Å²) in [6.07, 6.45) is 0. The van der Waals surface area contributed by atoms with Crippen molar-refractivity contribution in [1.29, 1.82) is 0 Å². The summed E-state index contributed by atoms with van der Waals surface area (Å²) < 4.78 is 0. The van der Waals surface area contributed by atoms with Gasteiger partial charge in [0.25, 0.3) is 0 Å². The normalized spacial score (nSPS) is 7.60. The van der Waals surface area contributed by atoms with E-state index in [1.165, 1.54) is 7.55 Å². The van der Waals surface area contributed by atoms with Crippen molar-refractivity contribution < 1.29 is 0 Å². The average molecular weight is 70.9 g/mol. The van der Waals surface area contributed by atoms with E-state index in [1.54, 1.807) is 0 Å². The number of rotatable bonds is 2. The molecule has 0 saturated carbocycles. The molecule has 0 aromatic carbocycles. The highest BCUT2D eigenvalue weighted by Gasteiger charge is 1.68. The van der Waals surface area contributed by atoms with Crippen molar-refractivity contribution in [3.05, 3.63) is 0 Å². The monoisotopic (exact) mass is 71.1 g/mol. The Labute approximate surface area is 33.0 Å². The first-order chi connectivity index (χ1) is 2.41. The minimum atomic E-state index is 0.913. The maximum absolute atomic E-state index is 4.90. The van der Waals surface area contributed by atoms with Gasteiger partial charge in [0, 0.05) is 0 Å². The molecule has 0 aromatic heterocycles. The number of nitrogens with two attached hydrogens (primary N) is 1. The molecule has 0 bridgehead atoms. The van der Waals surface area contributed by atoms with Gasteiger partial charge in [-0.25, -0.2) is 0 Å². The van der Waals surface area contributed by atoms with Gasteiger partial charge in [-0.05, 0) is 6.54 Å². The predicted molar refractivity (Wildman–Crippen MR) is 23.6 cm³/mol. The van der Waals surface area contributed by atoms with Crippen LogP contribution in [-0.2, 0) is 0 Å². The molecule has 0 aliphatic heterocycles. The molecule has 0 amide bonds. The summed E-state index contributed by atoms with van der Waals surface area (Å²) in [5.74, 6) is 0. The van der Waals surface area contributed by atoms with Crippen LogP contribution < -0.4 is 10.9 Å². The lowest BCUT2D eigenvalue weighted by molar-refractivity contribution is 1.00. The molecule has 3 heteroatoms. The molecule has 0 saturated heterocycles.